The van der Waals surface area contributed by atoms with E-state index in [4.69, 9.17) is 0 Å². The van der Waals surface area contributed by atoms with E-state index in [1.165, 1.54) is 0 Å². The van der Waals surface area contributed by atoms with Gasteiger partial charge in [0.25, 0.3) is 0 Å². The van der Waals surface area contributed by atoms with Gasteiger partial charge < -0.3 is 4.90 Å². The van der Waals surface area contributed by atoms with E-state index >= 15 is 0 Å². The third kappa shape index (κ3) is 3.70. The Bertz CT molecular complexity index is 460. The van der Waals surface area contributed by atoms with Gasteiger partial charge in [0.2, 0.25) is 0 Å². The Labute approximate surface area is 117 Å². The molecule has 1 aromatic rings. The van der Waals surface area contributed by atoms with Crippen molar-refractivity contribution in [3.63, 3.8) is 0 Å². The molecule has 1 rings (SSSR count). The van der Waals surface area contributed by atoms with Gasteiger partial charge in [0.1, 0.15) is 6.07 Å². The molecule has 3 heteroatoms. The Morgan fingerprint density at radius 1 is 1.37 bits per heavy atom. The zero-order valence-electron chi connectivity index (χ0n) is 12.8. The van der Waals surface area contributed by atoms with Gasteiger partial charge >= 0.3 is 0 Å². The topological polar surface area (TPSA) is 39.9 Å². The van der Waals surface area contributed by atoms with Crippen LogP contribution >= 0.6 is 0 Å². The van der Waals surface area contributed by atoms with Gasteiger partial charge in [-0.2, -0.15) is 5.26 Å². The monoisotopic (exact) mass is 259 g/mol. The molecule has 104 valence electrons. The third-order valence-corrected chi connectivity index (χ3v) is 3.60. The minimum atomic E-state index is 0.444. The van der Waals surface area contributed by atoms with Crippen molar-refractivity contribution in [2.75, 3.05) is 11.4 Å². The molecular formula is C16H25N3. The van der Waals surface area contributed by atoms with Gasteiger partial charge in [-0.25, -0.2) is 0 Å². The summed E-state index contributed by atoms with van der Waals surface area (Å²) in [5.74, 6) is 0. The van der Waals surface area contributed by atoms with Crippen molar-refractivity contribution in [3.8, 4) is 6.07 Å². The van der Waals surface area contributed by atoms with E-state index < -0.39 is 0 Å². The molecule has 0 spiro atoms. The molecular weight excluding hydrogens is 234 g/mol. The van der Waals surface area contributed by atoms with E-state index in [-0.39, 0.29) is 0 Å². The standard InChI is InChI=1S/C16H25N3/c1-6-8-9-19(13(4)7-2)16-10-12(3)18-14(5)15(16)11-17/h10,13H,6-9H2,1-5H3. The van der Waals surface area contributed by atoms with Crippen molar-refractivity contribution in [1.82, 2.24) is 4.98 Å². The fourth-order valence-corrected chi connectivity index (χ4v) is 2.30. The maximum atomic E-state index is 9.40. The van der Waals surface area contributed by atoms with Gasteiger partial charge in [-0.05, 0) is 39.7 Å². The summed E-state index contributed by atoms with van der Waals surface area (Å²) in [4.78, 5) is 6.77. The van der Waals surface area contributed by atoms with E-state index in [2.05, 4.69) is 36.7 Å². The zero-order valence-corrected chi connectivity index (χ0v) is 12.8. The third-order valence-electron chi connectivity index (χ3n) is 3.60. The molecule has 1 unspecified atom stereocenters. The predicted molar refractivity (Wildman–Crippen MR) is 80.4 cm³/mol. The van der Waals surface area contributed by atoms with Gasteiger partial charge in [0.15, 0.2) is 0 Å². The summed E-state index contributed by atoms with van der Waals surface area (Å²) in [5, 5.41) is 9.40. The molecule has 0 aliphatic heterocycles. The number of aromatic nitrogens is 1. The molecule has 0 amide bonds. The molecule has 0 aliphatic carbocycles. The lowest BCUT2D eigenvalue weighted by molar-refractivity contribution is 0.594. The molecule has 0 radical (unpaired) electrons. The zero-order chi connectivity index (χ0) is 14.4. The number of rotatable bonds is 6. The molecule has 0 N–H and O–H groups in total. The Morgan fingerprint density at radius 3 is 2.58 bits per heavy atom. The van der Waals surface area contributed by atoms with Gasteiger partial charge in [0, 0.05) is 18.3 Å². The van der Waals surface area contributed by atoms with Crippen LogP contribution in [0.1, 0.15) is 57.0 Å². The van der Waals surface area contributed by atoms with Crippen LogP contribution in [0.25, 0.3) is 0 Å². The molecule has 0 saturated heterocycles. The second-order valence-electron chi connectivity index (χ2n) is 5.16. The summed E-state index contributed by atoms with van der Waals surface area (Å²) >= 11 is 0. The molecule has 0 bridgehead atoms. The van der Waals surface area contributed by atoms with Gasteiger partial charge in [-0.3, -0.25) is 4.98 Å². The average Bonchev–Trinajstić information content (AvgIpc) is 2.38. The fourth-order valence-electron chi connectivity index (χ4n) is 2.30. The number of pyridine rings is 1. The van der Waals surface area contributed by atoms with Crippen LogP contribution in [0.4, 0.5) is 5.69 Å². The number of hydrogen-bond donors (Lipinski definition) is 0. The molecule has 0 saturated carbocycles. The SMILES string of the molecule is CCCCN(c1cc(C)nc(C)c1C#N)C(C)CC. The number of unbranched alkanes of at least 4 members (excludes halogenated alkanes) is 1. The van der Waals surface area contributed by atoms with Gasteiger partial charge in [-0.1, -0.05) is 20.3 Å². The van der Waals surface area contributed by atoms with E-state index in [0.717, 1.165) is 48.4 Å². The largest absolute Gasteiger partial charge is 0.368 e. The molecule has 0 aromatic carbocycles. The predicted octanol–water partition coefficient (Wildman–Crippen LogP) is 3.98. The molecule has 19 heavy (non-hydrogen) atoms. The first-order valence-electron chi connectivity index (χ1n) is 7.20. The van der Waals surface area contributed by atoms with Crippen LogP contribution in [0.2, 0.25) is 0 Å². The molecule has 1 atom stereocenters. The van der Waals surface area contributed by atoms with Crippen LogP contribution in [0, 0.1) is 25.2 Å². The second-order valence-corrected chi connectivity index (χ2v) is 5.16. The van der Waals surface area contributed by atoms with Crippen LogP contribution in [0.5, 0.6) is 0 Å². The van der Waals surface area contributed by atoms with Crippen molar-refractivity contribution in [3.05, 3.63) is 23.0 Å². The van der Waals surface area contributed by atoms with E-state index in [1.54, 1.807) is 0 Å². The molecule has 1 aromatic heterocycles. The lowest BCUT2D eigenvalue weighted by atomic mass is 10.1. The first-order valence-corrected chi connectivity index (χ1v) is 7.20. The van der Waals surface area contributed by atoms with Crippen LogP contribution < -0.4 is 4.90 Å². The van der Waals surface area contributed by atoms with Crippen LogP contribution in [0.15, 0.2) is 6.07 Å². The van der Waals surface area contributed by atoms with E-state index in [0.29, 0.717) is 6.04 Å². The Kier molecular flexibility index (Phi) is 5.82. The Morgan fingerprint density at radius 2 is 2.05 bits per heavy atom. The van der Waals surface area contributed by atoms with Crippen molar-refractivity contribution in [2.24, 2.45) is 0 Å². The minimum absolute atomic E-state index is 0.444. The smallest absolute Gasteiger partial charge is 0.103 e. The summed E-state index contributed by atoms with van der Waals surface area (Å²) in [7, 11) is 0. The lowest BCUT2D eigenvalue weighted by Crippen LogP contribution is -2.34. The van der Waals surface area contributed by atoms with E-state index in [1.807, 2.05) is 19.9 Å². The van der Waals surface area contributed by atoms with Crippen LogP contribution in [0.3, 0.4) is 0 Å². The Balaban J connectivity index is 3.24. The summed E-state index contributed by atoms with van der Waals surface area (Å²) in [5.41, 5.74) is 3.59. The highest BCUT2D eigenvalue weighted by Gasteiger charge is 2.18. The fraction of sp³-hybridized carbons (Fsp3) is 0.625. The average molecular weight is 259 g/mol. The highest BCUT2D eigenvalue weighted by molar-refractivity contribution is 5.62. The number of hydrogen-bond acceptors (Lipinski definition) is 3. The first-order chi connectivity index (χ1) is 9.04. The van der Waals surface area contributed by atoms with Gasteiger partial charge in [0.05, 0.1) is 16.9 Å². The molecule has 3 nitrogen and oxygen atoms in total. The number of aryl methyl sites for hydroxylation is 2. The summed E-state index contributed by atoms with van der Waals surface area (Å²) in [6.45, 7) is 11.5. The van der Waals surface area contributed by atoms with E-state index in [9.17, 15) is 5.26 Å². The highest BCUT2D eigenvalue weighted by atomic mass is 15.2. The maximum absolute atomic E-state index is 9.40. The summed E-state index contributed by atoms with van der Waals surface area (Å²) < 4.78 is 0. The van der Waals surface area contributed by atoms with Crippen molar-refractivity contribution in [2.45, 2.75) is 59.9 Å². The van der Waals surface area contributed by atoms with Crippen LogP contribution in [-0.4, -0.2) is 17.6 Å². The number of nitrogens with zero attached hydrogens (tertiary/aromatic N) is 3. The minimum Gasteiger partial charge on any atom is -0.368 e. The van der Waals surface area contributed by atoms with Crippen molar-refractivity contribution < 1.29 is 0 Å². The maximum Gasteiger partial charge on any atom is 0.103 e. The summed E-state index contributed by atoms with van der Waals surface area (Å²) in [6.07, 6.45) is 3.39. The van der Waals surface area contributed by atoms with Crippen molar-refractivity contribution >= 4 is 5.69 Å². The summed E-state index contributed by atoms with van der Waals surface area (Å²) in [6, 6.07) is 4.82. The lowest BCUT2D eigenvalue weighted by Gasteiger charge is -2.32. The second kappa shape index (κ2) is 7.13. The molecule has 0 aliphatic rings. The molecule has 1 heterocycles. The number of nitriles is 1. The normalized spacial score (nSPS) is 12.0. The quantitative estimate of drug-likeness (QED) is 0.776. The van der Waals surface area contributed by atoms with Gasteiger partial charge in [-0.15, -0.1) is 0 Å². The van der Waals surface area contributed by atoms with Crippen molar-refractivity contribution in [1.29, 1.82) is 5.26 Å². The Hall–Kier alpha value is -1.56. The highest BCUT2D eigenvalue weighted by Crippen LogP contribution is 2.26. The molecule has 0 fully saturated rings. The van der Waals surface area contributed by atoms with Crippen LogP contribution in [-0.2, 0) is 0 Å². The first kappa shape index (κ1) is 15.5. The number of anilines is 1.